The summed E-state index contributed by atoms with van der Waals surface area (Å²) in [4.78, 5) is 7.06. The molecule has 1 fully saturated rings. The lowest BCUT2D eigenvalue weighted by atomic mass is 9.92. The van der Waals surface area contributed by atoms with Crippen molar-refractivity contribution in [3.63, 3.8) is 0 Å². The fourth-order valence-corrected chi connectivity index (χ4v) is 2.62. The molecule has 0 amide bonds. The van der Waals surface area contributed by atoms with Crippen molar-refractivity contribution in [2.45, 2.75) is 45.8 Å². The lowest BCUT2D eigenvalue weighted by molar-refractivity contribution is 0.0462. The first kappa shape index (κ1) is 15.3. The van der Waals surface area contributed by atoms with Crippen molar-refractivity contribution in [3.8, 4) is 5.88 Å². The fraction of sp³-hybridized carbons (Fsp3) is 0.688. The van der Waals surface area contributed by atoms with Gasteiger partial charge in [0.25, 0.3) is 0 Å². The van der Waals surface area contributed by atoms with Gasteiger partial charge in [0, 0.05) is 37.3 Å². The van der Waals surface area contributed by atoms with Gasteiger partial charge in [0.05, 0.1) is 12.8 Å². The molecule has 0 radical (unpaired) electrons. The molecule has 4 nitrogen and oxygen atoms in total. The summed E-state index contributed by atoms with van der Waals surface area (Å²) in [5, 5.41) is 3.66. The van der Waals surface area contributed by atoms with Crippen molar-refractivity contribution < 1.29 is 4.74 Å². The van der Waals surface area contributed by atoms with E-state index in [9.17, 15) is 0 Å². The van der Waals surface area contributed by atoms with Gasteiger partial charge < -0.3 is 10.1 Å². The van der Waals surface area contributed by atoms with Crippen LogP contribution < -0.4 is 10.1 Å². The summed E-state index contributed by atoms with van der Waals surface area (Å²) in [5.74, 6) is 1.34. The number of nitrogens with one attached hydrogen (secondary N) is 1. The predicted octanol–water partition coefficient (Wildman–Crippen LogP) is 2.30. The minimum Gasteiger partial charge on any atom is -0.481 e. The molecule has 1 saturated heterocycles. The summed E-state index contributed by atoms with van der Waals surface area (Å²) in [7, 11) is 1.66. The molecule has 1 N–H and O–H groups in total. The number of hydrogen-bond donors (Lipinski definition) is 1. The third-order valence-corrected chi connectivity index (χ3v) is 4.22. The van der Waals surface area contributed by atoms with E-state index in [1.165, 1.54) is 0 Å². The van der Waals surface area contributed by atoms with Crippen molar-refractivity contribution >= 4 is 0 Å². The van der Waals surface area contributed by atoms with Gasteiger partial charge in [-0.1, -0.05) is 19.9 Å². The molecule has 1 unspecified atom stereocenters. The average Bonchev–Trinajstić information content (AvgIpc) is 2.41. The molecule has 2 rings (SSSR count). The second-order valence-corrected chi connectivity index (χ2v) is 6.60. The summed E-state index contributed by atoms with van der Waals surface area (Å²) in [6.07, 6.45) is 0. The van der Waals surface area contributed by atoms with E-state index in [0.29, 0.717) is 17.8 Å². The van der Waals surface area contributed by atoms with Crippen LogP contribution in [0.1, 0.15) is 33.4 Å². The molecule has 112 valence electrons. The maximum Gasteiger partial charge on any atom is 0.213 e. The SMILES string of the molecule is COc1cccc(CN2CC(C(C)C)NCC2(C)C)n1. The predicted molar refractivity (Wildman–Crippen MR) is 81.9 cm³/mol. The van der Waals surface area contributed by atoms with Crippen LogP contribution in [0.3, 0.4) is 0 Å². The molecule has 1 atom stereocenters. The van der Waals surface area contributed by atoms with Gasteiger partial charge in [-0.3, -0.25) is 4.90 Å². The standard InChI is InChI=1S/C16H27N3O/c1-12(2)14-10-19(16(3,4)11-17-14)9-13-7-6-8-15(18-13)20-5/h6-8,12,14,17H,9-11H2,1-5H3. The van der Waals surface area contributed by atoms with E-state index in [1.54, 1.807) is 7.11 Å². The fourth-order valence-electron chi connectivity index (χ4n) is 2.62. The smallest absolute Gasteiger partial charge is 0.213 e. The van der Waals surface area contributed by atoms with E-state index in [0.717, 1.165) is 25.3 Å². The van der Waals surface area contributed by atoms with Gasteiger partial charge in [-0.05, 0) is 25.8 Å². The van der Waals surface area contributed by atoms with Crippen molar-refractivity contribution in [1.82, 2.24) is 15.2 Å². The van der Waals surface area contributed by atoms with Crippen LogP contribution in [-0.4, -0.2) is 41.7 Å². The number of piperazine rings is 1. The van der Waals surface area contributed by atoms with Crippen LogP contribution in [0.2, 0.25) is 0 Å². The van der Waals surface area contributed by atoms with Crippen molar-refractivity contribution in [2.24, 2.45) is 5.92 Å². The Kier molecular flexibility index (Phi) is 4.66. The van der Waals surface area contributed by atoms with E-state index in [2.05, 4.69) is 49.0 Å². The quantitative estimate of drug-likeness (QED) is 0.916. The molecule has 4 heteroatoms. The number of ether oxygens (including phenoxy) is 1. The lowest BCUT2D eigenvalue weighted by Crippen LogP contribution is -2.62. The van der Waals surface area contributed by atoms with E-state index < -0.39 is 0 Å². The number of aromatic nitrogens is 1. The first-order valence-electron chi connectivity index (χ1n) is 7.41. The van der Waals surface area contributed by atoms with Gasteiger partial charge in [0.15, 0.2) is 0 Å². The minimum atomic E-state index is 0.149. The van der Waals surface area contributed by atoms with Crippen LogP contribution in [-0.2, 0) is 6.54 Å². The lowest BCUT2D eigenvalue weighted by Gasteiger charge is -2.47. The number of hydrogen-bond acceptors (Lipinski definition) is 4. The Morgan fingerprint density at radius 1 is 1.45 bits per heavy atom. The van der Waals surface area contributed by atoms with Gasteiger partial charge in [-0.25, -0.2) is 4.98 Å². The first-order valence-corrected chi connectivity index (χ1v) is 7.41. The minimum absolute atomic E-state index is 0.149. The molecule has 2 heterocycles. The van der Waals surface area contributed by atoms with Crippen LogP contribution >= 0.6 is 0 Å². The maximum absolute atomic E-state index is 5.21. The summed E-state index contributed by atoms with van der Waals surface area (Å²) in [5.41, 5.74) is 1.22. The molecular weight excluding hydrogens is 250 g/mol. The number of pyridine rings is 1. The molecule has 20 heavy (non-hydrogen) atoms. The average molecular weight is 277 g/mol. The zero-order chi connectivity index (χ0) is 14.8. The third kappa shape index (κ3) is 3.49. The molecular formula is C16H27N3O. The largest absolute Gasteiger partial charge is 0.481 e. The zero-order valence-electron chi connectivity index (χ0n) is 13.3. The van der Waals surface area contributed by atoms with Gasteiger partial charge in [0.2, 0.25) is 5.88 Å². The Morgan fingerprint density at radius 2 is 2.20 bits per heavy atom. The third-order valence-electron chi connectivity index (χ3n) is 4.22. The number of nitrogens with zero attached hydrogens (tertiary/aromatic N) is 2. The number of rotatable bonds is 4. The second kappa shape index (κ2) is 6.10. The monoisotopic (exact) mass is 277 g/mol. The molecule has 0 bridgehead atoms. The Balaban J connectivity index is 2.11. The zero-order valence-corrected chi connectivity index (χ0v) is 13.3. The Labute approximate surface area is 122 Å². The van der Waals surface area contributed by atoms with Gasteiger partial charge in [0.1, 0.15) is 0 Å². The Bertz CT molecular complexity index is 445. The highest BCUT2D eigenvalue weighted by Gasteiger charge is 2.34. The Morgan fingerprint density at radius 3 is 2.85 bits per heavy atom. The topological polar surface area (TPSA) is 37.4 Å². The summed E-state index contributed by atoms with van der Waals surface area (Å²) < 4.78 is 5.21. The van der Waals surface area contributed by atoms with Crippen molar-refractivity contribution in [1.29, 1.82) is 0 Å². The van der Waals surface area contributed by atoms with E-state index in [-0.39, 0.29) is 5.54 Å². The Hall–Kier alpha value is -1.13. The van der Waals surface area contributed by atoms with Crippen LogP contribution in [0, 0.1) is 5.92 Å². The molecule has 1 aromatic heterocycles. The molecule has 0 aromatic carbocycles. The second-order valence-electron chi connectivity index (χ2n) is 6.60. The highest BCUT2D eigenvalue weighted by molar-refractivity contribution is 5.16. The van der Waals surface area contributed by atoms with Crippen LogP contribution in [0.4, 0.5) is 0 Å². The molecule has 0 aliphatic carbocycles. The molecule has 0 saturated carbocycles. The molecule has 0 spiro atoms. The normalized spacial score (nSPS) is 23.0. The highest BCUT2D eigenvalue weighted by Crippen LogP contribution is 2.23. The summed E-state index contributed by atoms with van der Waals surface area (Å²) in [6.45, 7) is 12.1. The molecule has 1 aliphatic heterocycles. The van der Waals surface area contributed by atoms with Gasteiger partial charge in [-0.15, -0.1) is 0 Å². The van der Waals surface area contributed by atoms with Crippen molar-refractivity contribution in [2.75, 3.05) is 20.2 Å². The van der Waals surface area contributed by atoms with Gasteiger partial charge in [-0.2, -0.15) is 0 Å². The van der Waals surface area contributed by atoms with E-state index in [4.69, 9.17) is 4.74 Å². The van der Waals surface area contributed by atoms with Gasteiger partial charge >= 0.3 is 0 Å². The number of methoxy groups -OCH3 is 1. The highest BCUT2D eigenvalue weighted by atomic mass is 16.5. The van der Waals surface area contributed by atoms with Crippen molar-refractivity contribution in [3.05, 3.63) is 23.9 Å². The van der Waals surface area contributed by atoms with Crippen LogP contribution in [0.15, 0.2) is 18.2 Å². The summed E-state index contributed by atoms with van der Waals surface area (Å²) in [6, 6.07) is 6.53. The van der Waals surface area contributed by atoms with E-state index >= 15 is 0 Å². The molecule has 1 aromatic rings. The van der Waals surface area contributed by atoms with Crippen LogP contribution in [0.5, 0.6) is 5.88 Å². The maximum atomic E-state index is 5.21. The van der Waals surface area contributed by atoms with E-state index in [1.807, 2.05) is 12.1 Å². The molecule has 1 aliphatic rings. The van der Waals surface area contributed by atoms with Crippen LogP contribution in [0.25, 0.3) is 0 Å². The summed E-state index contributed by atoms with van der Waals surface area (Å²) >= 11 is 0. The first-order chi connectivity index (χ1) is 9.42.